The van der Waals surface area contributed by atoms with E-state index in [1.54, 1.807) is 12.3 Å². The number of rotatable bonds is 4. The van der Waals surface area contributed by atoms with E-state index < -0.39 is 18.5 Å². The van der Waals surface area contributed by atoms with Crippen LogP contribution >= 0.6 is 22.9 Å². The van der Waals surface area contributed by atoms with Gasteiger partial charge in [-0.05, 0) is 23.6 Å². The molecule has 27 heavy (non-hydrogen) atoms. The Hall–Kier alpha value is -1.80. The Morgan fingerprint density at radius 1 is 1.30 bits per heavy atom. The predicted octanol–water partition coefficient (Wildman–Crippen LogP) is 5.20. The minimum Gasteiger partial charge on any atom is -0.496 e. The fraction of sp³-hybridized carbons (Fsp3) is 0.444. The first kappa shape index (κ1) is 21.5. The molecule has 9 heteroatoms. The van der Waals surface area contributed by atoms with E-state index in [1.165, 1.54) is 35.1 Å². The van der Waals surface area contributed by atoms with Gasteiger partial charge in [0, 0.05) is 22.6 Å². The van der Waals surface area contributed by atoms with E-state index in [2.05, 4.69) is 4.99 Å². The van der Waals surface area contributed by atoms with Crippen molar-refractivity contribution in [2.24, 2.45) is 4.99 Å². The molecule has 0 saturated carbocycles. The Morgan fingerprint density at radius 3 is 2.52 bits per heavy atom. The lowest BCUT2D eigenvalue weighted by Gasteiger charge is -2.14. The van der Waals surface area contributed by atoms with Gasteiger partial charge >= 0.3 is 6.18 Å². The van der Waals surface area contributed by atoms with Crippen molar-refractivity contribution >= 4 is 28.8 Å². The van der Waals surface area contributed by atoms with Crippen LogP contribution in [-0.2, 0) is 12.0 Å². The molecule has 2 aromatic rings. The van der Waals surface area contributed by atoms with E-state index in [9.17, 15) is 18.0 Å². The first-order valence-corrected chi connectivity index (χ1v) is 9.30. The summed E-state index contributed by atoms with van der Waals surface area (Å²) in [6, 6.07) is 4.53. The SMILES string of the molecule is COc1ccc(Cl)cc1C(=O)N=c1sc(C(C)(C)C)cn1CCC(F)(F)F. The van der Waals surface area contributed by atoms with Gasteiger partial charge in [0.15, 0.2) is 4.80 Å². The number of aromatic nitrogens is 1. The lowest BCUT2D eigenvalue weighted by Crippen LogP contribution is -2.20. The Bertz CT molecular complexity index is 895. The van der Waals surface area contributed by atoms with Crippen molar-refractivity contribution in [2.75, 3.05) is 7.11 Å². The molecule has 4 nitrogen and oxygen atoms in total. The van der Waals surface area contributed by atoms with Gasteiger partial charge in [-0.1, -0.05) is 32.4 Å². The highest BCUT2D eigenvalue weighted by Gasteiger charge is 2.27. The van der Waals surface area contributed by atoms with Gasteiger partial charge < -0.3 is 9.30 Å². The molecule has 0 N–H and O–H groups in total. The highest BCUT2D eigenvalue weighted by atomic mass is 35.5. The van der Waals surface area contributed by atoms with Gasteiger partial charge in [0.05, 0.1) is 19.1 Å². The molecule has 0 spiro atoms. The fourth-order valence-corrected chi connectivity index (χ4v) is 3.46. The second-order valence-electron chi connectivity index (χ2n) is 6.95. The van der Waals surface area contributed by atoms with E-state index in [0.29, 0.717) is 10.8 Å². The van der Waals surface area contributed by atoms with Crippen molar-refractivity contribution in [1.29, 1.82) is 0 Å². The Labute approximate surface area is 164 Å². The van der Waals surface area contributed by atoms with Crippen LogP contribution in [0.3, 0.4) is 0 Å². The van der Waals surface area contributed by atoms with E-state index >= 15 is 0 Å². The summed E-state index contributed by atoms with van der Waals surface area (Å²) in [4.78, 5) is 17.7. The normalized spacial score (nSPS) is 13.1. The predicted molar refractivity (Wildman–Crippen MR) is 99.6 cm³/mol. The molecule has 0 bridgehead atoms. The van der Waals surface area contributed by atoms with Crippen molar-refractivity contribution in [3.63, 3.8) is 0 Å². The lowest BCUT2D eigenvalue weighted by molar-refractivity contribution is -0.136. The van der Waals surface area contributed by atoms with Gasteiger partial charge in [0.2, 0.25) is 0 Å². The second kappa shape index (κ2) is 8.06. The molecule has 0 saturated heterocycles. The minimum atomic E-state index is -4.30. The van der Waals surface area contributed by atoms with Crippen molar-refractivity contribution in [1.82, 2.24) is 4.57 Å². The molecule has 0 aliphatic carbocycles. The maximum absolute atomic E-state index is 12.6. The average molecular weight is 421 g/mol. The third-order valence-corrected chi connectivity index (χ3v) is 5.37. The van der Waals surface area contributed by atoms with Gasteiger partial charge in [-0.15, -0.1) is 11.3 Å². The first-order valence-electron chi connectivity index (χ1n) is 8.11. The summed E-state index contributed by atoms with van der Waals surface area (Å²) < 4.78 is 44.5. The molecule has 1 aromatic carbocycles. The largest absolute Gasteiger partial charge is 0.496 e. The highest BCUT2D eigenvalue weighted by Crippen LogP contribution is 2.27. The maximum Gasteiger partial charge on any atom is 0.390 e. The number of carbonyl (C=O) groups is 1. The van der Waals surface area contributed by atoms with E-state index in [0.717, 1.165) is 4.88 Å². The van der Waals surface area contributed by atoms with Crippen molar-refractivity contribution in [3.8, 4) is 5.75 Å². The molecular formula is C18H20ClF3N2O2S. The van der Waals surface area contributed by atoms with Crippen LogP contribution in [-0.4, -0.2) is 23.8 Å². The zero-order valence-electron chi connectivity index (χ0n) is 15.4. The van der Waals surface area contributed by atoms with Crippen molar-refractivity contribution < 1.29 is 22.7 Å². The topological polar surface area (TPSA) is 43.6 Å². The van der Waals surface area contributed by atoms with Crippen molar-refractivity contribution in [3.05, 3.63) is 44.7 Å². The smallest absolute Gasteiger partial charge is 0.390 e. The van der Waals surface area contributed by atoms with Gasteiger partial charge in [-0.25, -0.2) is 0 Å². The molecule has 0 fully saturated rings. The molecule has 0 radical (unpaired) electrons. The van der Waals surface area contributed by atoms with Crippen LogP contribution in [0.15, 0.2) is 29.4 Å². The summed E-state index contributed by atoms with van der Waals surface area (Å²) in [6.45, 7) is 5.52. The number of hydrogen-bond donors (Lipinski definition) is 0. The Balaban J connectivity index is 2.50. The number of thiazole rings is 1. The third kappa shape index (κ3) is 5.84. The molecule has 0 atom stereocenters. The van der Waals surface area contributed by atoms with Crippen LogP contribution in [0.2, 0.25) is 5.02 Å². The molecule has 0 aliphatic rings. The zero-order valence-corrected chi connectivity index (χ0v) is 16.9. The Morgan fingerprint density at radius 2 is 1.96 bits per heavy atom. The number of alkyl halides is 3. The van der Waals surface area contributed by atoms with Gasteiger partial charge in [0.25, 0.3) is 5.91 Å². The van der Waals surface area contributed by atoms with E-state index in [4.69, 9.17) is 16.3 Å². The summed E-state index contributed by atoms with van der Waals surface area (Å²) in [6.07, 6.45) is -3.68. The number of amides is 1. The summed E-state index contributed by atoms with van der Waals surface area (Å²) >= 11 is 7.13. The van der Waals surface area contributed by atoms with Crippen LogP contribution in [0.4, 0.5) is 13.2 Å². The van der Waals surface area contributed by atoms with Crippen LogP contribution in [0.5, 0.6) is 5.75 Å². The number of benzene rings is 1. The summed E-state index contributed by atoms with van der Waals surface area (Å²) in [5.41, 5.74) is -0.132. The minimum absolute atomic E-state index is 0.151. The molecule has 0 aliphatic heterocycles. The number of hydrogen-bond acceptors (Lipinski definition) is 3. The first-order chi connectivity index (χ1) is 12.4. The highest BCUT2D eigenvalue weighted by molar-refractivity contribution is 7.09. The van der Waals surface area contributed by atoms with Crippen LogP contribution in [0, 0.1) is 0 Å². The number of methoxy groups -OCH3 is 1. The zero-order chi connectivity index (χ0) is 20.4. The standard InChI is InChI=1S/C18H20ClF3N2O2S/c1-17(2,3)14-10-24(8-7-18(20,21)22)16(27-14)23-15(25)12-9-11(19)5-6-13(12)26-4/h5-6,9-10H,7-8H2,1-4H3. The number of carbonyl (C=O) groups excluding carboxylic acids is 1. The van der Waals surface area contributed by atoms with Gasteiger partial charge in [0.1, 0.15) is 5.75 Å². The van der Waals surface area contributed by atoms with Crippen molar-refractivity contribution in [2.45, 2.75) is 45.3 Å². The summed E-state index contributed by atoms with van der Waals surface area (Å²) in [7, 11) is 1.41. The van der Waals surface area contributed by atoms with E-state index in [1.807, 2.05) is 20.8 Å². The summed E-state index contributed by atoms with van der Waals surface area (Å²) in [5.74, 6) is -0.333. The molecular weight excluding hydrogens is 401 g/mol. The molecule has 2 rings (SSSR count). The number of ether oxygens (including phenoxy) is 1. The monoisotopic (exact) mass is 420 g/mol. The van der Waals surface area contributed by atoms with Crippen LogP contribution in [0.25, 0.3) is 0 Å². The quantitative estimate of drug-likeness (QED) is 0.682. The lowest BCUT2D eigenvalue weighted by atomic mass is 9.95. The Kier molecular flexibility index (Phi) is 6.42. The van der Waals surface area contributed by atoms with Gasteiger partial charge in [-0.2, -0.15) is 18.2 Å². The van der Waals surface area contributed by atoms with Gasteiger partial charge in [-0.3, -0.25) is 4.79 Å². The van der Waals surface area contributed by atoms with Crippen LogP contribution in [0.1, 0.15) is 42.4 Å². The van der Waals surface area contributed by atoms with E-state index in [-0.39, 0.29) is 22.3 Å². The molecule has 1 aromatic heterocycles. The number of nitrogens with zero attached hydrogens (tertiary/aromatic N) is 2. The average Bonchev–Trinajstić information content (AvgIpc) is 2.95. The number of aryl methyl sites for hydroxylation is 1. The van der Waals surface area contributed by atoms with Crippen LogP contribution < -0.4 is 9.54 Å². The molecule has 1 amide bonds. The molecule has 0 unspecified atom stereocenters. The molecule has 148 valence electrons. The summed E-state index contributed by atoms with van der Waals surface area (Å²) in [5, 5.41) is 0.334. The second-order valence-corrected chi connectivity index (χ2v) is 8.39. The molecule has 1 heterocycles. The maximum atomic E-state index is 12.6. The fourth-order valence-electron chi connectivity index (χ4n) is 2.22. The third-order valence-electron chi connectivity index (χ3n) is 3.68. The number of halogens is 4.